The fourth-order valence-corrected chi connectivity index (χ4v) is 1.73. The van der Waals surface area contributed by atoms with Crippen LogP contribution in [0.15, 0.2) is 4.99 Å². The van der Waals surface area contributed by atoms with Crippen LogP contribution in [0.3, 0.4) is 0 Å². The summed E-state index contributed by atoms with van der Waals surface area (Å²) in [4.78, 5) is 4.20. The number of hydrogen-bond donors (Lipinski definition) is 2. The molecule has 0 aromatic heterocycles. The number of hydrogen-bond acceptors (Lipinski definition) is 3. The largest absolute Gasteiger partial charge is 0.382 e. The van der Waals surface area contributed by atoms with E-state index in [1.807, 2.05) is 0 Å². The van der Waals surface area contributed by atoms with Crippen LogP contribution >= 0.6 is 0 Å². The molecule has 0 aromatic carbocycles. The van der Waals surface area contributed by atoms with Gasteiger partial charge in [-0.1, -0.05) is 26.7 Å². The fraction of sp³-hybridized carbons (Fsp3) is 0.933. The first-order chi connectivity index (χ1) is 9.70. The van der Waals surface area contributed by atoms with Gasteiger partial charge >= 0.3 is 0 Å². The average Bonchev–Trinajstić information content (AvgIpc) is 2.43. The molecule has 0 spiro atoms. The van der Waals surface area contributed by atoms with Gasteiger partial charge in [-0.2, -0.15) is 0 Å². The highest BCUT2D eigenvalue weighted by Gasteiger charge is 1.98. The average molecular weight is 287 g/mol. The van der Waals surface area contributed by atoms with Gasteiger partial charge in [-0.3, -0.25) is 4.99 Å². The number of aliphatic imine (C=N–C) groups is 1. The normalized spacial score (nSPS) is 11.9. The molecule has 0 heterocycles. The number of unbranched alkanes of at least 4 members (excludes halogenated alkanes) is 1. The van der Waals surface area contributed by atoms with Gasteiger partial charge in [-0.25, -0.2) is 0 Å². The smallest absolute Gasteiger partial charge is 0.190 e. The van der Waals surface area contributed by atoms with Crippen molar-refractivity contribution in [2.45, 2.75) is 39.5 Å². The Bertz CT molecular complexity index is 233. The lowest BCUT2D eigenvalue weighted by Crippen LogP contribution is -2.38. The maximum Gasteiger partial charge on any atom is 0.190 e. The van der Waals surface area contributed by atoms with Gasteiger partial charge in [0, 0.05) is 33.9 Å². The Morgan fingerprint density at radius 3 is 2.30 bits per heavy atom. The number of nitrogens with one attached hydrogen (secondary N) is 2. The third-order valence-electron chi connectivity index (χ3n) is 2.91. The molecule has 0 rings (SSSR count). The molecule has 0 aliphatic rings. The van der Waals surface area contributed by atoms with Crippen molar-refractivity contribution < 1.29 is 9.47 Å². The summed E-state index contributed by atoms with van der Waals surface area (Å²) in [6.07, 6.45) is 4.73. The van der Waals surface area contributed by atoms with Gasteiger partial charge < -0.3 is 20.1 Å². The van der Waals surface area contributed by atoms with Gasteiger partial charge in [-0.05, 0) is 18.8 Å². The van der Waals surface area contributed by atoms with Crippen molar-refractivity contribution in [3.05, 3.63) is 0 Å². The fourth-order valence-electron chi connectivity index (χ4n) is 1.73. The first-order valence-electron chi connectivity index (χ1n) is 7.72. The predicted octanol–water partition coefficient (Wildman–Crippen LogP) is 2.03. The van der Waals surface area contributed by atoms with E-state index in [-0.39, 0.29) is 0 Å². The van der Waals surface area contributed by atoms with Crippen LogP contribution in [0, 0.1) is 5.92 Å². The lowest BCUT2D eigenvalue weighted by molar-refractivity contribution is 0.0698. The molecule has 2 N–H and O–H groups in total. The first-order valence-corrected chi connectivity index (χ1v) is 7.72. The zero-order valence-corrected chi connectivity index (χ0v) is 13.7. The molecule has 0 saturated carbocycles. The molecular weight excluding hydrogens is 254 g/mol. The van der Waals surface area contributed by atoms with Gasteiger partial charge in [0.2, 0.25) is 0 Å². The highest BCUT2D eigenvalue weighted by Crippen LogP contribution is 2.04. The summed E-state index contributed by atoms with van der Waals surface area (Å²) in [6.45, 7) is 8.47. The molecule has 5 nitrogen and oxygen atoms in total. The lowest BCUT2D eigenvalue weighted by Gasteiger charge is -2.12. The molecule has 20 heavy (non-hydrogen) atoms. The Morgan fingerprint density at radius 2 is 1.70 bits per heavy atom. The molecule has 0 aliphatic carbocycles. The van der Waals surface area contributed by atoms with Crippen molar-refractivity contribution in [1.29, 1.82) is 0 Å². The lowest BCUT2D eigenvalue weighted by atomic mass is 10.1. The number of nitrogens with zero attached hydrogens (tertiary/aromatic N) is 1. The molecule has 0 radical (unpaired) electrons. The van der Waals surface area contributed by atoms with E-state index < -0.39 is 0 Å². The third-order valence-corrected chi connectivity index (χ3v) is 2.91. The van der Waals surface area contributed by atoms with Gasteiger partial charge in [-0.15, -0.1) is 0 Å². The minimum Gasteiger partial charge on any atom is -0.382 e. The van der Waals surface area contributed by atoms with Gasteiger partial charge in [0.15, 0.2) is 5.96 Å². The topological polar surface area (TPSA) is 54.9 Å². The summed E-state index contributed by atoms with van der Waals surface area (Å²) in [5.74, 6) is 1.68. The van der Waals surface area contributed by atoms with Crippen LogP contribution in [0.1, 0.15) is 39.5 Å². The zero-order chi connectivity index (χ0) is 15.1. The molecule has 5 heteroatoms. The minimum absolute atomic E-state index is 0.660. The Balaban J connectivity index is 3.39. The third kappa shape index (κ3) is 13.6. The molecule has 120 valence electrons. The van der Waals surface area contributed by atoms with Crippen LogP contribution in [0.25, 0.3) is 0 Å². The maximum atomic E-state index is 5.40. The van der Waals surface area contributed by atoms with Crippen LogP contribution in [-0.2, 0) is 9.47 Å². The van der Waals surface area contributed by atoms with Crippen molar-refractivity contribution in [2.75, 3.05) is 47.1 Å². The summed E-state index contributed by atoms with van der Waals surface area (Å²) in [5, 5.41) is 6.62. The highest BCUT2D eigenvalue weighted by atomic mass is 16.5. The summed E-state index contributed by atoms with van der Waals surface area (Å²) in [7, 11) is 3.49. The second-order valence-electron chi connectivity index (χ2n) is 5.27. The highest BCUT2D eigenvalue weighted by molar-refractivity contribution is 5.79. The van der Waals surface area contributed by atoms with Gasteiger partial charge in [0.25, 0.3) is 0 Å². The van der Waals surface area contributed by atoms with E-state index in [2.05, 4.69) is 29.5 Å². The van der Waals surface area contributed by atoms with Gasteiger partial charge in [0.05, 0.1) is 13.2 Å². The van der Waals surface area contributed by atoms with Crippen LogP contribution < -0.4 is 10.6 Å². The van der Waals surface area contributed by atoms with E-state index in [1.165, 1.54) is 19.3 Å². The molecule has 0 fully saturated rings. The Hall–Kier alpha value is -0.810. The quantitative estimate of drug-likeness (QED) is 0.328. The van der Waals surface area contributed by atoms with E-state index in [9.17, 15) is 0 Å². The Labute approximate surface area is 124 Å². The number of ether oxygens (including phenoxy) is 2. The number of guanidine groups is 1. The van der Waals surface area contributed by atoms with Crippen LogP contribution in [-0.4, -0.2) is 53.0 Å². The molecule has 0 atom stereocenters. The summed E-state index contributed by atoms with van der Waals surface area (Å²) in [6, 6.07) is 0. The van der Waals surface area contributed by atoms with Crippen LogP contribution in [0.5, 0.6) is 0 Å². The van der Waals surface area contributed by atoms with E-state index in [1.54, 1.807) is 14.2 Å². The van der Waals surface area contributed by atoms with Crippen LogP contribution in [0.2, 0.25) is 0 Å². The predicted molar refractivity (Wildman–Crippen MR) is 85.4 cm³/mol. The standard InChI is InChI=1S/C15H33N3O2/c1-14(2)8-5-6-9-17-15(16-3)18-10-7-11-20-13-12-19-4/h14H,5-13H2,1-4H3,(H2,16,17,18). The molecule has 0 aromatic rings. The van der Waals surface area contributed by atoms with Crippen molar-refractivity contribution in [1.82, 2.24) is 10.6 Å². The van der Waals surface area contributed by atoms with Crippen molar-refractivity contribution in [3.63, 3.8) is 0 Å². The van der Waals surface area contributed by atoms with Crippen LogP contribution in [0.4, 0.5) is 0 Å². The van der Waals surface area contributed by atoms with E-state index in [4.69, 9.17) is 9.47 Å². The molecule has 0 aliphatic heterocycles. The van der Waals surface area contributed by atoms with E-state index in [0.29, 0.717) is 13.2 Å². The molecular formula is C15H33N3O2. The Morgan fingerprint density at radius 1 is 1.00 bits per heavy atom. The molecule has 0 bridgehead atoms. The first kappa shape index (κ1) is 19.2. The molecule has 0 saturated heterocycles. The summed E-state index contributed by atoms with van der Waals surface area (Å²) >= 11 is 0. The Kier molecular flexibility index (Phi) is 14.0. The second kappa shape index (κ2) is 14.6. The van der Waals surface area contributed by atoms with E-state index in [0.717, 1.165) is 38.0 Å². The maximum absolute atomic E-state index is 5.40. The zero-order valence-electron chi connectivity index (χ0n) is 13.7. The molecule has 0 unspecified atom stereocenters. The van der Waals surface area contributed by atoms with Crippen molar-refractivity contribution in [3.8, 4) is 0 Å². The minimum atomic E-state index is 0.660. The molecule has 0 amide bonds. The number of rotatable bonds is 12. The monoisotopic (exact) mass is 287 g/mol. The van der Waals surface area contributed by atoms with Crippen molar-refractivity contribution >= 4 is 5.96 Å². The second-order valence-corrected chi connectivity index (χ2v) is 5.27. The van der Waals surface area contributed by atoms with E-state index >= 15 is 0 Å². The summed E-state index contributed by atoms with van der Waals surface area (Å²) < 4.78 is 10.3. The van der Waals surface area contributed by atoms with Gasteiger partial charge in [0.1, 0.15) is 0 Å². The van der Waals surface area contributed by atoms with Crippen molar-refractivity contribution in [2.24, 2.45) is 10.9 Å². The SMILES string of the molecule is CN=C(NCCCCC(C)C)NCCCOCCOC. The summed E-state index contributed by atoms with van der Waals surface area (Å²) in [5.41, 5.74) is 0. The number of methoxy groups -OCH3 is 1.